The van der Waals surface area contributed by atoms with Crippen molar-refractivity contribution in [2.45, 2.75) is 4.90 Å². The number of sulfonamides is 1. The number of halogens is 2. The summed E-state index contributed by atoms with van der Waals surface area (Å²) in [6, 6.07) is 9.39. The lowest BCUT2D eigenvalue weighted by Gasteiger charge is -2.26. The van der Waals surface area contributed by atoms with Crippen LogP contribution < -0.4 is 10.1 Å². The smallest absolute Gasteiger partial charge is 0.248 e. The summed E-state index contributed by atoms with van der Waals surface area (Å²) >= 11 is 11.8. The first-order valence-electron chi connectivity index (χ1n) is 9.01. The van der Waals surface area contributed by atoms with Crippen LogP contribution in [0, 0.1) is 0 Å². The van der Waals surface area contributed by atoms with Gasteiger partial charge in [-0.25, -0.2) is 8.42 Å². The minimum Gasteiger partial charge on any atom is -0.495 e. The molecule has 10 heteroatoms. The van der Waals surface area contributed by atoms with Crippen LogP contribution in [0.3, 0.4) is 0 Å². The van der Waals surface area contributed by atoms with Crippen molar-refractivity contribution >= 4 is 50.9 Å². The van der Waals surface area contributed by atoms with Gasteiger partial charge in [-0.15, -0.1) is 0 Å². The molecule has 1 saturated heterocycles. The second kappa shape index (κ2) is 9.80. The highest BCUT2D eigenvalue weighted by molar-refractivity contribution is 7.89. The van der Waals surface area contributed by atoms with E-state index in [1.165, 1.54) is 29.6 Å². The highest BCUT2D eigenvalue weighted by atomic mass is 35.5. The molecule has 1 aliphatic heterocycles. The standard InChI is InChI=1S/C20H20Cl2N2O5S/c1-28-18-4-2-14(10-19(18)30(26,27)24-6-8-29-9-7-24)3-5-20(25)23-17-12-15(21)11-16(22)13-17/h2-5,10-13H,6-9H2,1H3,(H,23,25). The van der Waals surface area contributed by atoms with E-state index in [1.807, 2.05) is 0 Å². The molecule has 0 saturated carbocycles. The minimum absolute atomic E-state index is 0.0380. The highest BCUT2D eigenvalue weighted by Crippen LogP contribution is 2.29. The fourth-order valence-electron chi connectivity index (χ4n) is 2.91. The number of methoxy groups -OCH3 is 1. The van der Waals surface area contributed by atoms with Gasteiger partial charge in [-0.05, 0) is 42.0 Å². The third-order valence-corrected chi connectivity index (χ3v) is 6.69. The van der Waals surface area contributed by atoms with E-state index in [-0.39, 0.29) is 23.7 Å². The van der Waals surface area contributed by atoms with Gasteiger partial charge in [0.1, 0.15) is 10.6 Å². The van der Waals surface area contributed by atoms with Crippen molar-refractivity contribution in [1.29, 1.82) is 0 Å². The molecule has 160 valence electrons. The van der Waals surface area contributed by atoms with Crippen LogP contribution in [-0.4, -0.2) is 52.0 Å². The Kier molecular flexibility index (Phi) is 7.38. The Morgan fingerprint density at radius 3 is 2.43 bits per heavy atom. The van der Waals surface area contributed by atoms with Gasteiger partial charge in [0.15, 0.2) is 0 Å². The summed E-state index contributed by atoms with van der Waals surface area (Å²) in [5.74, 6) is -0.182. The zero-order chi connectivity index (χ0) is 21.7. The lowest BCUT2D eigenvalue weighted by molar-refractivity contribution is -0.111. The van der Waals surface area contributed by atoms with Crippen molar-refractivity contribution in [2.24, 2.45) is 0 Å². The Hall–Kier alpha value is -2.10. The van der Waals surface area contributed by atoms with E-state index in [0.717, 1.165) is 0 Å². The average molecular weight is 471 g/mol. The number of amides is 1. The Balaban J connectivity index is 1.81. The van der Waals surface area contributed by atoms with E-state index in [9.17, 15) is 13.2 Å². The van der Waals surface area contributed by atoms with E-state index in [4.69, 9.17) is 32.7 Å². The Morgan fingerprint density at radius 1 is 1.13 bits per heavy atom. The number of nitrogens with zero attached hydrogens (tertiary/aromatic N) is 1. The van der Waals surface area contributed by atoms with E-state index in [2.05, 4.69) is 5.32 Å². The van der Waals surface area contributed by atoms with Crippen LogP contribution in [0.1, 0.15) is 5.56 Å². The molecule has 0 radical (unpaired) electrons. The molecule has 0 spiro atoms. The van der Waals surface area contributed by atoms with Gasteiger partial charge in [0.25, 0.3) is 0 Å². The Labute approximate surface area is 185 Å². The number of ether oxygens (including phenoxy) is 2. The van der Waals surface area contributed by atoms with Gasteiger partial charge < -0.3 is 14.8 Å². The molecule has 0 bridgehead atoms. The molecule has 1 N–H and O–H groups in total. The zero-order valence-electron chi connectivity index (χ0n) is 16.1. The van der Waals surface area contributed by atoms with Crippen molar-refractivity contribution in [3.05, 3.63) is 58.1 Å². The van der Waals surface area contributed by atoms with Gasteiger partial charge in [0, 0.05) is 34.9 Å². The largest absolute Gasteiger partial charge is 0.495 e. The average Bonchev–Trinajstić information content (AvgIpc) is 2.72. The molecule has 1 amide bonds. The van der Waals surface area contributed by atoms with Crippen molar-refractivity contribution in [2.75, 3.05) is 38.7 Å². The Morgan fingerprint density at radius 2 is 1.80 bits per heavy atom. The number of anilines is 1. The molecule has 1 heterocycles. The summed E-state index contributed by atoms with van der Waals surface area (Å²) in [6.45, 7) is 1.23. The zero-order valence-corrected chi connectivity index (χ0v) is 18.4. The fraction of sp³-hybridized carbons (Fsp3) is 0.250. The molecule has 2 aromatic rings. The monoisotopic (exact) mass is 470 g/mol. The molecule has 1 aliphatic rings. The third kappa shape index (κ3) is 5.53. The predicted molar refractivity (Wildman–Crippen MR) is 117 cm³/mol. The molecule has 1 fully saturated rings. The molecule has 0 aromatic heterocycles. The highest BCUT2D eigenvalue weighted by Gasteiger charge is 2.29. The normalized spacial score (nSPS) is 15.3. The number of morpholine rings is 1. The fourth-order valence-corrected chi connectivity index (χ4v) is 5.03. The molecule has 30 heavy (non-hydrogen) atoms. The summed E-state index contributed by atoms with van der Waals surface area (Å²) in [5, 5.41) is 3.45. The maximum atomic E-state index is 13.0. The summed E-state index contributed by atoms with van der Waals surface area (Å²) in [6.07, 6.45) is 2.81. The predicted octanol–water partition coefficient (Wildman–Crippen LogP) is 3.67. The molecular weight excluding hydrogens is 451 g/mol. The molecule has 0 atom stereocenters. The van der Waals surface area contributed by atoms with Crippen LogP contribution in [0.25, 0.3) is 6.08 Å². The quantitative estimate of drug-likeness (QED) is 0.650. The van der Waals surface area contributed by atoms with E-state index in [1.54, 1.807) is 30.3 Å². The number of hydrogen-bond donors (Lipinski definition) is 1. The SMILES string of the molecule is COc1ccc(C=CC(=O)Nc2cc(Cl)cc(Cl)c2)cc1S(=O)(=O)N1CCOCC1. The molecule has 7 nitrogen and oxygen atoms in total. The van der Waals surface area contributed by atoms with Gasteiger partial charge in [-0.1, -0.05) is 29.3 Å². The van der Waals surface area contributed by atoms with Crippen molar-refractivity contribution in [1.82, 2.24) is 4.31 Å². The maximum Gasteiger partial charge on any atom is 0.248 e. The summed E-state index contributed by atoms with van der Waals surface area (Å²) in [5.41, 5.74) is 0.981. The number of carbonyl (C=O) groups excluding carboxylic acids is 1. The van der Waals surface area contributed by atoms with Gasteiger partial charge in [0.2, 0.25) is 15.9 Å². The van der Waals surface area contributed by atoms with Gasteiger partial charge in [-0.2, -0.15) is 4.31 Å². The Bertz CT molecular complexity index is 1050. The van der Waals surface area contributed by atoms with E-state index in [0.29, 0.717) is 34.5 Å². The number of benzene rings is 2. The van der Waals surface area contributed by atoms with E-state index < -0.39 is 15.9 Å². The number of rotatable bonds is 6. The lowest BCUT2D eigenvalue weighted by Crippen LogP contribution is -2.40. The topological polar surface area (TPSA) is 84.9 Å². The summed E-state index contributed by atoms with van der Waals surface area (Å²) in [4.78, 5) is 12.2. The number of hydrogen-bond acceptors (Lipinski definition) is 5. The molecule has 0 aliphatic carbocycles. The molecule has 0 unspecified atom stereocenters. The van der Waals surface area contributed by atoms with Gasteiger partial charge in [0.05, 0.1) is 20.3 Å². The minimum atomic E-state index is -3.76. The first-order chi connectivity index (χ1) is 14.3. The number of carbonyl (C=O) groups is 1. The van der Waals surface area contributed by atoms with Crippen LogP contribution in [0.2, 0.25) is 10.0 Å². The first-order valence-corrected chi connectivity index (χ1v) is 11.2. The van der Waals surface area contributed by atoms with Crippen LogP contribution in [0.15, 0.2) is 47.4 Å². The van der Waals surface area contributed by atoms with Gasteiger partial charge >= 0.3 is 0 Å². The van der Waals surface area contributed by atoms with Gasteiger partial charge in [-0.3, -0.25) is 4.79 Å². The van der Waals surface area contributed by atoms with Crippen LogP contribution in [0.5, 0.6) is 5.75 Å². The van der Waals surface area contributed by atoms with Crippen molar-refractivity contribution in [3.8, 4) is 5.75 Å². The second-order valence-electron chi connectivity index (χ2n) is 6.41. The second-order valence-corrected chi connectivity index (χ2v) is 9.19. The molecule has 2 aromatic carbocycles. The first kappa shape index (κ1) is 22.6. The maximum absolute atomic E-state index is 13.0. The summed E-state index contributed by atoms with van der Waals surface area (Å²) < 4.78 is 37.9. The number of nitrogens with one attached hydrogen (secondary N) is 1. The van der Waals surface area contributed by atoms with Crippen LogP contribution in [-0.2, 0) is 19.6 Å². The molecular formula is C20H20Cl2N2O5S. The lowest BCUT2D eigenvalue weighted by atomic mass is 10.2. The molecule has 3 rings (SSSR count). The van der Waals surface area contributed by atoms with E-state index >= 15 is 0 Å². The van der Waals surface area contributed by atoms with Crippen molar-refractivity contribution in [3.63, 3.8) is 0 Å². The van der Waals surface area contributed by atoms with Crippen LogP contribution in [0.4, 0.5) is 5.69 Å². The third-order valence-electron chi connectivity index (χ3n) is 4.33. The van der Waals surface area contributed by atoms with Crippen LogP contribution >= 0.6 is 23.2 Å². The summed E-state index contributed by atoms with van der Waals surface area (Å²) in [7, 11) is -2.35. The van der Waals surface area contributed by atoms with Crippen molar-refractivity contribution < 1.29 is 22.7 Å².